The summed E-state index contributed by atoms with van der Waals surface area (Å²) in [6.45, 7) is 1.79. The van der Waals surface area contributed by atoms with E-state index in [2.05, 4.69) is 15.6 Å². The van der Waals surface area contributed by atoms with Crippen molar-refractivity contribution in [2.75, 3.05) is 11.9 Å². The number of nitrogens with zero attached hydrogens (tertiary/aromatic N) is 1. The van der Waals surface area contributed by atoms with Crippen molar-refractivity contribution in [1.29, 1.82) is 0 Å². The number of benzene rings is 3. The number of carbonyl (C=O) groups excluding carboxylic acids is 2. The molecule has 0 saturated carbocycles. The van der Waals surface area contributed by atoms with Crippen molar-refractivity contribution < 1.29 is 14.3 Å². The van der Waals surface area contributed by atoms with E-state index in [0.717, 1.165) is 16.8 Å². The first-order valence-electron chi connectivity index (χ1n) is 10.2. The molecule has 1 aliphatic rings. The number of nitrogens with one attached hydrogen (secondary N) is 2. The third-order valence-corrected chi connectivity index (χ3v) is 6.11. The monoisotopic (exact) mass is 511 g/mol. The van der Waals surface area contributed by atoms with Gasteiger partial charge in [-0.3, -0.25) is 9.59 Å². The van der Waals surface area contributed by atoms with Gasteiger partial charge in [-0.05, 0) is 78.9 Å². The third kappa shape index (κ3) is 6.41. The fourth-order valence-corrected chi connectivity index (χ4v) is 4.18. The highest BCUT2D eigenvalue weighted by atomic mass is 35.5. The molecule has 0 unspecified atom stereocenters. The number of halogens is 2. The molecule has 2 N–H and O–H groups in total. The topological polar surface area (TPSA) is 79.8 Å². The van der Waals surface area contributed by atoms with Crippen LogP contribution in [-0.4, -0.2) is 23.6 Å². The van der Waals surface area contributed by atoms with Gasteiger partial charge in [0, 0.05) is 10.7 Å². The lowest BCUT2D eigenvalue weighted by molar-refractivity contribution is -0.118. The van der Waals surface area contributed by atoms with Gasteiger partial charge in [0.15, 0.2) is 11.8 Å². The second kappa shape index (κ2) is 10.8. The molecule has 0 atom stereocenters. The Morgan fingerprint density at radius 3 is 2.53 bits per heavy atom. The number of amidine groups is 1. The predicted octanol–water partition coefficient (Wildman–Crippen LogP) is 6.21. The highest BCUT2D eigenvalue weighted by Gasteiger charge is 2.24. The van der Waals surface area contributed by atoms with Crippen molar-refractivity contribution in [1.82, 2.24) is 5.32 Å². The van der Waals surface area contributed by atoms with Crippen LogP contribution in [0.1, 0.15) is 11.1 Å². The predicted molar refractivity (Wildman–Crippen MR) is 139 cm³/mol. The number of aryl methyl sites for hydroxylation is 1. The second-order valence-electron chi connectivity index (χ2n) is 7.35. The number of hydrogen-bond donors (Lipinski definition) is 2. The van der Waals surface area contributed by atoms with E-state index in [0.29, 0.717) is 31.6 Å². The molecule has 3 aromatic carbocycles. The average Bonchev–Trinajstić information content (AvgIpc) is 3.14. The van der Waals surface area contributed by atoms with Gasteiger partial charge in [0.2, 0.25) is 0 Å². The van der Waals surface area contributed by atoms with Gasteiger partial charge in [-0.1, -0.05) is 47.0 Å². The van der Waals surface area contributed by atoms with Crippen LogP contribution in [0.5, 0.6) is 5.75 Å². The summed E-state index contributed by atoms with van der Waals surface area (Å²) in [7, 11) is 0. The van der Waals surface area contributed by atoms with Gasteiger partial charge in [-0.25, -0.2) is 4.99 Å². The molecule has 1 fully saturated rings. The summed E-state index contributed by atoms with van der Waals surface area (Å²) in [6.07, 6.45) is 1.72. The fourth-order valence-electron chi connectivity index (χ4n) is 2.97. The lowest BCUT2D eigenvalue weighted by Gasteiger charge is -2.09. The SMILES string of the molecule is Cc1ccc(N=C2NC(=O)/C(=C/c3ccc(OCC(=O)Nc4ccc(Cl)cc4)c(Cl)c3)S2)cc1. The van der Waals surface area contributed by atoms with Crippen molar-refractivity contribution in [3.63, 3.8) is 0 Å². The molecule has 1 aliphatic heterocycles. The zero-order chi connectivity index (χ0) is 24.1. The molecular formula is C25H19Cl2N3O3S. The van der Waals surface area contributed by atoms with E-state index in [4.69, 9.17) is 27.9 Å². The molecule has 172 valence electrons. The summed E-state index contributed by atoms with van der Waals surface area (Å²) in [5.41, 5.74) is 3.24. The van der Waals surface area contributed by atoms with Gasteiger partial charge in [-0.15, -0.1) is 0 Å². The Labute approximate surface area is 211 Å². The van der Waals surface area contributed by atoms with E-state index in [1.165, 1.54) is 11.8 Å². The molecule has 2 amide bonds. The average molecular weight is 512 g/mol. The number of rotatable bonds is 6. The Morgan fingerprint density at radius 2 is 1.82 bits per heavy atom. The van der Waals surface area contributed by atoms with Gasteiger partial charge >= 0.3 is 0 Å². The van der Waals surface area contributed by atoms with Gasteiger partial charge < -0.3 is 15.4 Å². The second-order valence-corrected chi connectivity index (χ2v) is 9.23. The van der Waals surface area contributed by atoms with E-state index >= 15 is 0 Å². The van der Waals surface area contributed by atoms with Gasteiger partial charge in [0.1, 0.15) is 5.75 Å². The Kier molecular flexibility index (Phi) is 7.57. The molecule has 34 heavy (non-hydrogen) atoms. The minimum absolute atomic E-state index is 0.208. The molecule has 9 heteroatoms. The smallest absolute Gasteiger partial charge is 0.264 e. The minimum atomic E-state index is -0.330. The number of anilines is 1. The van der Waals surface area contributed by atoms with Crippen LogP contribution in [0.4, 0.5) is 11.4 Å². The molecule has 4 rings (SSSR count). The molecular weight excluding hydrogens is 493 g/mol. The summed E-state index contributed by atoms with van der Waals surface area (Å²) in [5.74, 6) is -0.199. The molecule has 0 spiro atoms. The standard InChI is InChI=1S/C25H19Cl2N3O3S/c1-15-2-7-19(8-3-15)29-25-30-24(32)22(34-25)13-16-4-11-21(20(27)12-16)33-14-23(31)28-18-9-5-17(26)6-10-18/h2-13H,14H2,1H3,(H,28,31)(H,29,30,32)/b22-13-. The van der Waals surface area contributed by atoms with E-state index in [-0.39, 0.29) is 18.4 Å². The Morgan fingerprint density at radius 1 is 1.09 bits per heavy atom. The quantitative estimate of drug-likeness (QED) is 0.385. The maximum Gasteiger partial charge on any atom is 0.264 e. The van der Waals surface area contributed by atoms with E-state index in [1.54, 1.807) is 48.5 Å². The first-order valence-corrected chi connectivity index (χ1v) is 11.8. The number of thioether (sulfide) groups is 1. The number of ether oxygens (including phenoxy) is 1. The lowest BCUT2D eigenvalue weighted by atomic mass is 10.2. The van der Waals surface area contributed by atoms with Crippen LogP contribution in [-0.2, 0) is 9.59 Å². The summed E-state index contributed by atoms with van der Waals surface area (Å²) in [5, 5.41) is 6.90. The van der Waals surface area contributed by atoms with Crippen molar-refractivity contribution in [2.24, 2.45) is 4.99 Å². The number of hydrogen-bond acceptors (Lipinski definition) is 5. The number of carbonyl (C=O) groups is 2. The van der Waals surface area contributed by atoms with Crippen molar-refractivity contribution in [3.05, 3.63) is 92.8 Å². The zero-order valence-electron chi connectivity index (χ0n) is 18.0. The molecule has 3 aromatic rings. The summed E-state index contributed by atoms with van der Waals surface area (Å²) in [4.78, 5) is 29.4. The van der Waals surface area contributed by atoms with Crippen molar-refractivity contribution in [2.45, 2.75) is 6.92 Å². The van der Waals surface area contributed by atoms with Crippen LogP contribution in [0.15, 0.2) is 76.6 Å². The maximum absolute atomic E-state index is 12.3. The molecule has 6 nitrogen and oxygen atoms in total. The molecule has 0 aromatic heterocycles. The fraction of sp³-hybridized carbons (Fsp3) is 0.0800. The highest BCUT2D eigenvalue weighted by Crippen LogP contribution is 2.31. The van der Waals surface area contributed by atoms with Crippen LogP contribution in [0, 0.1) is 6.92 Å². The Hall–Kier alpha value is -3.26. The van der Waals surface area contributed by atoms with E-state index in [1.807, 2.05) is 31.2 Å². The van der Waals surface area contributed by atoms with Crippen molar-refractivity contribution >= 4 is 69.4 Å². The van der Waals surface area contributed by atoms with Crippen LogP contribution in [0.2, 0.25) is 10.0 Å². The third-order valence-electron chi connectivity index (χ3n) is 4.66. The normalized spacial score (nSPS) is 15.4. The highest BCUT2D eigenvalue weighted by molar-refractivity contribution is 8.18. The van der Waals surface area contributed by atoms with E-state index < -0.39 is 0 Å². The van der Waals surface area contributed by atoms with Crippen LogP contribution in [0.3, 0.4) is 0 Å². The number of aliphatic imine (C=N–C) groups is 1. The van der Waals surface area contributed by atoms with Crippen LogP contribution < -0.4 is 15.4 Å². The van der Waals surface area contributed by atoms with Gasteiger partial charge in [0.05, 0.1) is 15.6 Å². The molecule has 1 heterocycles. The van der Waals surface area contributed by atoms with Crippen LogP contribution in [0.25, 0.3) is 6.08 Å². The summed E-state index contributed by atoms with van der Waals surface area (Å²) < 4.78 is 5.54. The number of amides is 2. The first-order chi connectivity index (χ1) is 16.4. The summed E-state index contributed by atoms with van der Waals surface area (Å²) >= 11 is 13.4. The Balaban J connectivity index is 1.37. The van der Waals surface area contributed by atoms with E-state index in [9.17, 15) is 9.59 Å². The zero-order valence-corrected chi connectivity index (χ0v) is 20.3. The molecule has 0 aliphatic carbocycles. The maximum atomic E-state index is 12.3. The lowest BCUT2D eigenvalue weighted by Crippen LogP contribution is -2.20. The largest absolute Gasteiger partial charge is 0.482 e. The molecule has 1 saturated heterocycles. The molecule has 0 radical (unpaired) electrons. The van der Waals surface area contributed by atoms with Crippen LogP contribution >= 0.6 is 35.0 Å². The minimum Gasteiger partial charge on any atom is -0.482 e. The van der Waals surface area contributed by atoms with Gasteiger partial charge in [0.25, 0.3) is 11.8 Å². The Bertz CT molecular complexity index is 1290. The molecule has 0 bridgehead atoms. The first kappa shape index (κ1) is 23.9. The summed E-state index contributed by atoms with van der Waals surface area (Å²) in [6, 6.07) is 19.6. The van der Waals surface area contributed by atoms with Gasteiger partial charge in [-0.2, -0.15) is 0 Å². The van der Waals surface area contributed by atoms with Crippen molar-refractivity contribution in [3.8, 4) is 5.75 Å².